The molecule has 8 heteroatoms. The minimum Gasteiger partial charge on any atom is -0.486 e. The Bertz CT molecular complexity index is 825. The molecule has 1 aliphatic heterocycles. The van der Waals surface area contributed by atoms with Crippen LogP contribution in [0, 0.1) is 11.6 Å². The number of nitrogens with zero attached hydrogens (tertiary/aromatic N) is 1. The molecule has 2 heterocycles. The highest BCUT2D eigenvalue weighted by Crippen LogP contribution is 2.37. The van der Waals surface area contributed by atoms with E-state index in [0.29, 0.717) is 0 Å². The summed E-state index contributed by atoms with van der Waals surface area (Å²) >= 11 is 0. The largest absolute Gasteiger partial charge is 0.486 e. The molecule has 0 fully saturated rings. The molecule has 0 saturated heterocycles. The first-order valence-electron chi connectivity index (χ1n) is 5.51. The Morgan fingerprint density at radius 3 is 2.74 bits per heavy atom. The number of rotatable bonds is 0. The van der Waals surface area contributed by atoms with Gasteiger partial charge in [-0.3, -0.25) is 14.3 Å². The minimum absolute atomic E-state index is 0.00563. The molecule has 0 bridgehead atoms. The van der Waals surface area contributed by atoms with Crippen LogP contribution in [0.4, 0.5) is 14.5 Å². The third kappa shape index (κ3) is 1.33. The SMILES string of the molecule is CC1COc2c(F)c(F)c(N)c3c(=O)[nH]c(=O)n1c23. The van der Waals surface area contributed by atoms with E-state index < -0.39 is 40.4 Å². The van der Waals surface area contributed by atoms with E-state index in [-0.39, 0.29) is 17.5 Å². The van der Waals surface area contributed by atoms with Crippen LogP contribution in [0.1, 0.15) is 13.0 Å². The Morgan fingerprint density at radius 1 is 1.37 bits per heavy atom. The first kappa shape index (κ1) is 11.7. The van der Waals surface area contributed by atoms with Gasteiger partial charge in [0, 0.05) is 0 Å². The molecule has 1 atom stereocenters. The summed E-state index contributed by atoms with van der Waals surface area (Å²) in [5.41, 5.74) is 3.11. The van der Waals surface area contributed by atoms with E-state index in [1.165, 1.54) is 0 Å². The van der Waals surface area contributed by atoms with Crippen LogP contribution in [-0.2, 0) is 0 Å². The third-order valence-corrected chi connectivity index (χ3v) is 3.17. The second-order valence-electron chi connectivity index (χ2n) is 4.38. The number of aromatic amines is 1. The Balaban J connectivity index is 2.71. The van der Waals surface area contributed by atoms with Crippen LogP contribution in [0.15, 0.2) is 9.59 Å². The molecule has 1 unspecified atom stereocenters. The number of anilines is 1. The zero-order valence-electron chi connectivity index (χ0n) is 9.79. The zero-order chi connectivity index (χ0) is 13.9. The van der Waals surface area contributed by atoms with Gasteiger partial charge in [0.2, 0.25) is 5.82 Å². The van der Waals surface area contributed by atoms with Crippen molar-refractivity contribution in [3.8, 4) is 5.75 Å². The second-order valence-corrected chi connectivity index (χ2v) is 4.38. The van der Waals surface area contributed by atoms with Crippen molar-refractivity contribution in [2.24, 2.45) is 0 Å². The lowest BCUT2D eigenvalue weighted by atomic mass is 10.1. The van der Waals surface area contributed by atoms with Gasteiger partial charge in [-0.1, -0.05) is 0 Å². The fraction of sp³-hybridized carbons (Fsp3) is 0.273. The molecular formula is C11H9F2N3O3. The highest BCUT2D eigenvalue weighted by Gasteiger charge is 2.29. The van der Waals surface area contributed by atoms with E-state index >= 15 is 0 Å². The van der Waals surface area contributed by atoms with Crippen molar-refractivity contribution in [2.45, 2.75) is 13.0 Å². The predicted octanol–water partition coefficient (Wildman–Crippen LogP) is 0.504. The summed E-state index contributed by atoms with van der Waals surface area (Å²) in [5.74, 6) is -3.11. The molecule has 1 aromatic heterocycles. The lowest BCUT2D eigenvalue weighted by Gasteiger charge is -2.25. The molecule has 3 rings (SSSR count). The Kier molecular flexibility index (Phi) is 2.19. The molecule has 3 N–H and O–H groups in total. The number of nitrogen functional groups attached to an aromatic ring is 1. The molecule has 6 nitrogen and oxygen atoms in total. The number of H-pyrrole nitrogens is 1. The zero-order valence-corrected chi connectivity index (χ0v) is 9.79. The van der Waals surface area contributed by atoms with Gasteiger partial charge in [-0.15, -0.1) is 0 Å². The van der Waals surface area contributed by atoms with Gasteiger partial charge in [-0.25, -0.2) is 9.18 Å². The summed E-state index contributed by atoms with van der Waals surface area (Å²) in [6.07, 6.45) is 0. The maximum absolute atomic E-state index is 13.8. The number of nitrogens with two attached hydrogens (primary N) is 1. The highest BCUT2D eigenvalue weighted by molar-refractivity contribution is 5.94. The van der Waals surface area contributed by atoms with Crippen LogP contribution in [-0.4, -0.2) is 16.2 Å². The van der Waals surface area contributed by atoms with Gasteiger partial charge >= 0.3 is 5.69 Å². The van der Waals surface area contributed by atoms with Gasteiger partial charge < -0.3 is 10.5 Å². The number of halogens is 2. The van der Waals surface area contributed by atoms with Crippen LogP contribution < -0.4 is 21.7 Å². The van der Waals surface area contributed by atoms with E-state index in [1.54, 1.807) is 6.92 Å². The number of aromatic nitrogens is 2. The van der Waals surface area contributed by atoms with Gasteiger partial charge in [0.1, 0.15) is 12.1 Å². The summed E-state index contributed by atoms with van der Waals surface area (Å²) in [4.78, 5) is 25.6. The Hall–Kier alpha value is -2.38. The quantitative estimate of drug-likeness (QED) is 0.681. The standard InChI is InChI=1S/C11H9F2N3O3/c1-3-2-19-9-6(13)5(12)7(14)4-8(9)16(3)11(18)15-10(4)17/h3H,2,14H2,1H3,(H,15,17,18). The fourth-order valence-corrected chi connectivity index (χ4v) is 2.28. The highest BCUT2D eigenvalue weighted by atomic mass is 19.2. The summed E-state index contributed by atoms with van der Waals surface area (Å²) < 4.78 is 33.7. The van der Waals surface area contributed by atoms with Gasteiger partial charge in [-0.2, -0.15) is 4.39 Å². The van der Waals surface area contributed by atoms with Crippen molar-refractivity contribution in [1.82, 2.24) is 9.55 Å². The van der Waals surface area contributed by atoms with E-state index in [1.807, 2.05) is 4.98 Å². The number of ether oxygens (including phenoxy) is 1. The molecule has 0 radical (unpaired) electrons. The van der Waals surface area contributed by atoms with E-state index in [4.69, 9.17) is 10.5 Å². The average Bonchev–Trinajstić information content (AvgIpc) is 2.35. The molecule has 0 amide bonds. The monoisotopic (exact) mass is 269 g/mol. The summed E-state index contributed by atoms with van der Waals surface area (Å²) in [7, 11) is 0. The molecule has 1 aliphatic rings. The summed E-state index contributed by atoms with van der Waals surface area (Å²) in [5, 5.41) is -0.278. The van der Waals surface area contributed by atoms with Gasteiger partial charge in [0.05, 0.1) is 17.1 Å². The van der Waals surface area contributed by atoms with Crippen LogP contribution in [0.25, 0.3) is 10.9 Å². The van der Waals surface area contributed by atoms with Crippen LogP contribution >= 0.6 is 0 Å². The maximum atomic E-state index is 13.8. The molecular weight excluding hydrogens is 260 g/mol. The van der Waals surface area contributed by atoms with E-state index in [0.717, 1.165) is 4.57 Å². The second kappa shape index (κ2) is 3.56. The molecule has 19 heavy (non-hydrogen) atoms. The maximum Gasteiger partial charge on any atom is 0.329 e. The molecule has 100 valence electrons. The first-order chi connectivity index (χ1) is 8.93. The number of hydrogen-bond acceptors (Lipinski definition) is 4. The molecule has 1 aromatic carbocycles. The van der Waals surface area contributed by atoms with Crippen molar-refractivity contribution in [1.29, 1.82) is 0 Å². The van der Waals surface area contributed by atoms with E-state index in [2.05, 4.69) is 0 Å². The van der Waals surface area contributed by atoms with Crippen molar-refractivity contribution < 1.29 is 13.5 Å². The smallest absolute Gasteiger partial charge is 0.329 e. The first-order valence-corrected chi connectivity index (χ1v) is 5.51. The van der Waals surface area contributed by atoms with Crippen LogP contribution in [0.2, 0.25) is 0 Å². The molecule has 0 aliphatic carbocycles. The van der Waals surface area contributed by atoms with Gasteiger partial charge in [0.25, 0.3) is 5.56 Å². The predicted molar refractivity (Wildman–Crippen MR) is 63.4 cm³/mol. The van der Waals surface area contributed by atoms with Gasteiger partial charge in [-0.05, 0) is 6.92 Å². The topological polar surface area (TPSA) is 90.1 Å². The number of hydrogen-bond donors (Lipinski definition) is 2. The van der Waals surface area contributed by atoms with Crippen molar-refractivity contribution in [2.75, 3.05) is 12.3 Å². The van der Waals surface area contributed by atoms with Crippen molar-refractivity contribution in [3.05, 3.63) is 32.5 Å². The van der Waals surface area contributed by atoms with Crippen LogP contribution in [0.5, 0.6) is 5.75 Å². The Labute approximate surface area is 104 Å². The third-order valence-electron chi connectivity index (χ3n) is 3.17. The van der Waals surface area contributed by atoms with Crippen molar-refractivity contribution >= 4 is 16.6 Å². The number of benzene rings is 1. The molecule has 0 saturated carbocycles. The van der Waals surface area contributed by atoms with Crippen LogP contribution in [0.3, 0.4) is 0 Å². The fourth-order valence-electron chi connectivity index (χ4n) is 2.28. The average molecular weight is 269 g/mol. The molecule has 2 aromatic rings. The van der Waals surface area contributed by atoms with Crippen molar-refractivity contribution in [3.63, 3.8) is 0 Å². The van der Waals surface area contributed by atoms with Gasteiger partial charge in [0.15, 0.2) is 11.6 Å². The summed E-state index contributed by atoms with van der Waals surface area (Å²) in [6, 6.07) is -0.427. The lowest BCUT2D eigenvalue weighted by molar-refractivity contribution is 0.230. The normalized spacial score (nSPS) is 17.5. The van der Waals surface area contributed by atoms with E-state index in [9.17, 15) is 18.4 Å². The minimum atomic E-state index is -1.35. The number of nitrogens with one attached hydrogen (secondary N) is 1. The Morgan fingerprint density at radius 2 is 2.05 bits per heavy atom. The summed E-state index contributed by atoms with van der Waals surface area (Å²) in [6.45, 7) is 1.65. The molecule has 0 spiro atoms. The lowest BCUT2D eigenvalue weighted by Crippen LogP contribution is -2.37.